The molecule has 0 radical (unpaired) electrons. The smallest absolute Gasteiger partial charge is 0.273 e. The molecule has 7 heteroatoms. The van der Waals surface area contributed by atoms with Crippen LogP contribution in [0.15, 0.2) is 22.4 Å². The van der Waals surface area contributed by atoms with Gasteiger partial charge in [0.1, 0.15) is 0 Å². The van der Waals surface area contributed by atoms with Crippen molar-refractivity contribution >= 4 is 32.2 Å². The summed E-state index contributed by atoms with van der Waals surface area (Å²) in [6.07, 6.45) is 0.753. The van der Waals surface area contributed by atoms with Gasteiger partial charge >= 0.3 is 0 Å². The number of aromatic nitrogens is 1. The van der Waals surface area contributed by atoms with Gasteiger partial charge in [-0.1, -0.05) is 36.5 Å². The van der Waals surface area contributed by atoms with Gasteiger partial charge in [0.15, 0.2) is 9.34 Å². The number of nitrogen functional groups attached to an aromatic ring is 1. The predicted octanol–water partition coefficient (Wildman–Crippen LogP) is 2.71. The molecule has 3 N–H and O–H groups in total. The van der Waals surface area contributed by atoms with Crippen LogP contribution in [0.1, 0.15) is 23.7 Å². The van der Waals surface area contributed by atoms with Gasteiger partial charge in [0, 0.05) is 0 Å². The Bertz CT molecular complexity index is 736. The lowest BCUT2D eigenvalue weighted by molar-refractivity contribution is 0.602. The molecule has 5 nitrogen and oxygen atoms in total. The molecule has 0 atom stereocenters. The van der Waals surface area contributed by atoms with Gasteiger partial charge in [-0.25, -0.2) is 13.4 Å². The quantitative estimate of drug-likeness (QED) is 0.909. The number of anilines is 2. The van der Waals surface area contributed by atoms with Gasteiger partial charge in [0.25, 0.3) is 10.0 Å². The number of hydrogen-bond donors (Lipinski definition) is 2. The second-order valence-electron chi connectivity index (χ2n) is 4.49. The molecule has 0 aliphatic heterocycles. The van der Waals surface area contributed by atoms with E-state index in [4.69, 9.17) is 5.73 Å². The van der Waals surface area contributed by atoms with Crippen molar-refractivity contribution in [3.63, 3.8) is 0 Å². The molecule has 1 aromatic heterocycles. The molecular formula is C13H17N3O2S2. The van der Waals surface area contributed by atoms with Gasteiger partial charge in [-0.05, 0) is 31.4 Å². The highest BCUT2D eigenvalue weighted by atomic mass is 32.2. The molecule has 2 aromatic rings. The zero-order chi connectivity index (χ0) is 14.9. The summed E-state index contributed by atoms with van der Waals surface area (Å²) in [4.78, 5) is 3.96. The average molecular weight is 311 g/mol. The number of hydrogen-bond acceptors (Lipinski definition) is 5. The number of sulfonamides is 1. The Labute approximate surface area is 122 Å². The average Bonchev–Trinajstić information content (AvgIpc) is 2.72. The van der Waals surface area contributed by atoms with Crippen LogP contribution in [0.4, 0.5) is 10.8 Å². The van der Waals surface area contributed by atoms with Crippen molar-refractivity contribution in [2.45, 2.75) is 31.4 Å². The number of nitrogens with one attached hydrogen (secondary N) is 1. The Balaban J connectivity index is 2.46. The van der Waals surface area contributed by atoms with Crippen molar-refractivity contribution in [1.29, 1.82) is 0 Å². The highest BCUT2D eigenvalue weighted by Crippen LogP contribution is 2.29. The lowest BCUT2D eigenvalue weighted by Gasteiger charge is -2.13. The van der Waals surface area contributed by atoms with Crippen LogP contribution in [-0.4, -0.2) is 13.4 Å². The van der Waals surface area contributed by atoms with E-state index < -0.39 is 10.0 Å². The van der Waals surface area contributed by atoms with Crippen LogP contribution in [0.3, 0.4) is 0 Å². The zero-order valence-electron chi connectivity index (χ0n) is 11.6. The molecule has 2 rings (SSSR count). The Kier molecular flexibility index (Phi) is 4.01. The fraction of sp³-hybridized carbons (Fsp3) is 0.308. The fourth-order valence-corrected chi connectivity index (χ4v) is 4.48. The number of benzene rings is 1. The molecule has 0 bridgehead atoms. The number of nitrogens with two attached hydrogens (primary N) is 1. The van der Waals surface area contributed by atoms with Gasteiger partial charge in [0.05, 0.1) is 11.4 Å². The first-order valence-corrected chi connectivity index (χ1v) is 8.49. The van der Waals surface area contributed by atoms with E-state index in [1.807, 2.05) is 32.0 Å². The third-order valence-corrected chi connectivity index (χ3v) is 5.94. The second kappa shape index (κ2) is 5.41. The highest BCUT2D eigenvalue weighted by Gasteiger charge is 2.22. The predicted molar refractivity (Wildman–Crippen MR) is 82.6 cm³/mol. The van der Waals surface area contributed by atoms with Gasteiger partial charge in [0.2, 0.25) is 0 Å². The van der Waals surface area contributed by atoms with E-state index in [2.05, 4.69) is 9.71 Å². The van der Waals surface area contributed by atoms with E-state index >= 15 is 0 Å². The minimum absolute atomic E-state index is 0.167. The van der Waals surface area contributed by atoms with E-state index in [0.29, 0.717) is 11.4 Å². The van der Waals surface area contributed by atoms with E-state index in [0.717, 1.165) is 28.9 Å². The minimum atomic E-state index is -3.65. The van der Waals surface area contributed by atoms with Crippen molar-refractivity contribution in [3.05, 3.63) is 35.0 Å². The van der Waals surface area contributed by atoms with E-state index in [1.54, 1.807) is 6.92 Å². The Morgan fingerprint density at radius 3 is 2.60 bits per heavy atom. The first kappa shape index (κ1) is 14.8. The van der Waals surface area contributed by atoms with Crippen molar-refractivity contribution in [1.82, 2.24) is 4.98 Å². The van der Waals surface area contributed by atoms with Crippen molar-refractivity contribution in [2.24, 2.45) is 0 Å². The van der Waals surface area contributed by atoms with Gasteiger partial charge in [-0.15, -0.1) is 0 Å². The topological polar surface area (TPSA) is 85.1 Å². The summed E-state index contributed by atoms with van der Waals surface area (Å²) in [5, 5.41) is 0.253. The van der Waals surface area contributed by atoms with E-state index in [9.17, 15) is 8.42 Å². The molecular weight excluding hydrogens is 294 g/mol. The van der Waals surface area contributed by atoms with Crippen LogP contribution >= 0.6 is 11.3 Å². The van der Waals surface area contributed by atoms with Crippen molar-refractivity contribution in [3.8, 4) is 0 Å². The molecule has 0 amide bonds. The Morgan fingerprint density at radius 1 is 1.35 bits per heavy atom. The number of para-hydroxylation sites is 1. The molecule has 1 heterocycles. The van der Waals surface area contributed by atoms with Crippen LogP contribution in [0, 0.1) is 13.8 Å². The lowest BCUT2D eigenvalue weighted by atomic mass is 10.1. The Hall–Kier alpha value is -1.60. The summed E-state index contributed by atoms with van der Waals surface area (Å²) in [6.45, 7) is 5.51. The summed E-state index contributed by atoms with van der Waals surface area (Å²) in [6, 6.07) is 5.71. The van der Waals surface area contributed by atoms with Gasteiger partial charge in [-0.3, -0.25) is 4.72 Å². The van der Waals surface area contributed by atoms with Crippen LogP contribution in [0.25, 0.3) is 0 Å². The van der Waals surface area contributed by atoms with E-state index in [-0.39, 0.29) is 9.34 Å². The molecule has 0 saturated carbocycles. The first-order valence-electron chi connectivity index (χ1n) is 6.19. The first-order chi connectivity index (χ1) is 9.35. The summed E-state index contributed by atoms with van der Waals surface area (Å²) < 4.78 is 27.8. The third kappa shape index (κ3) is 2.78. The Morgan fingerprint density at radius 2 is 2.05 bits per heavy atom. The summed E-state index contributed by atoms with van der Waals surface area (Å²) >= 11 is 0.976. The van der Waals surface area contributed by atoms with Crippen molar-refractivity contribution in [2.75, 3.05) is 10.5 Å². The molecule has 0 unspecified atom stereocenters. The fourth-order valence-electron chi connectivity index (χ4n) is 2.00. The molecule has 0 spiro atoms. The lowest BCUT2D eigenvalue weighted by Crippen LogP contribution is -2.15. The highest BCUT2D eigenvalue weighted by molar-refractivity contribution is 7.94. The number of aryl methyl sites for hydroxylation is 3. The molecule has 108 valence electrons. The molecule has 0 fully saturated rings. The molecule has 0 aliphatic rings. The van der Waals surface area contributed by atoms with Crippen LogP contribution in [0.5, 0.6) is 0 Å². The van der Waals surface area contributed by atoms with Crippen LogP contribution < -0.4 is 10.5 Å². The summed E-state index contributed by atoms with van der Waals surface area (Å²) in [5.74, 6) is 0. The molecule has 0 saturated heterocycles. The normalized spacial score (nSPS) is 11.6. The summed E-state index contributed by atoms with van der Waals surface area (Å²) in [5.41, 5.74) is 8.49. The molecule has 20 heavy (non-hydrogen) atoms. The second-order valence-corrected chi connectivity index (χ2v) is 7.40. The summed E-state index contributed by atoms with van der Waals surface area (Å²) in [7, 11) is -3.65. The van der Waals surface area contributed by atoms with Crippen LogP contribution in [0.2, 0.25) is 0 Å². The maximum atomic E-state index is 12.5. The third-order valence-electron chi connectivity index (χ3n) is 2.99. The maximum Gasteiger partial charge on any atom is 0.273 e. The van der Waals surface area contributed by atoms with Gasteiger partial charge < -0.3 is 5.73 Å². The standard InChI is InChI=1S/C13H17N3O2S2/c1-4-10-7-5-6-8(2)11(10)16-20(17,18)12-9(3)15-13(14)19-12/h5-7,16H,4H2,1-3H3,(H2,14,15). The zero-order valence-corrected chi connectivity index (χ0v) is 13.2. The largest absolute Gasteiger partial charge is 0.375 e. The maximum absolute atomic E-state index is 12.5. The van der Waals surface area contributed by atoms with Gasteiger partial charge in [-0.2, -0.15) is 0 Å². The molecule has 0 aliphatic carbocycles. The number of thiazole rings is 1. The monoisotopic (exact) mass is 311 g/mol. The number of rotatable bonds is 4. The SMILES string of the molecule is CCc1cccc(C)c1NS(=O)(=O)c1sc(N)nc1C. The van der Waals surface area contributed by atoms with Crippen molar-refractivity contribution < 1.29 is 8.42 Å². The number of nitrogens with zero attached hydrogens (tertiary/aromatic N) is 1. The van der Waals surface area contributed by atoms with Crippen LogP contribution in [-0.2, 0) is 16.4 Å². The molecule has 1 aromatic carbocycles. The van der Waals surface area contributed by atoms with E-state index in [1.165, 1.54) is 0 Å². The minimum Gasteiger partial charge on any atom is -0.375 e.